The number of piperazine rings is 1. The van der Waals surface area contributed by atoms with Crippen molar-refractivity contribution in [2.45, 2.75) is 26.9 Å². The molecule has 2 aromatic carbocycles. The molecule has 0 spiro atoms. The minimum atomic E-state index is -0.337. The number of aryl methyl sites for hydroxylation is 1. The zero-order valence-electron chi connectivity index (χ0n) is 19.5. The van der Waals surface area contributed by atoms with E-state index < -0.39 is 0 Å². The summed E-state index contributed by atoms with van der Waals surface area (Å²) in [4.78, 5) is 33.0. The molecule has 174 valence electrons. The van der Waals surface area contributed by atoms with Gasteiger partial charge in [0.05, 0.1) is 24.0 Å². The lowest BCUT2D eigenvalue weighted by Gasteiger charge is -2.36. The molecule has 0 saturated carbocycles. The fourth-order valence-corrected chi connectivity index (χ4v) is 4.34. The SMILES string of the molecule is Cc1ccc(C2=C(N3CCN(CCO)CC3)C(=O)N(c3ccccc3OC(C)C)C2=O)cc1. The molecule has 0 radical (unpaired) electrons. The van der Waals surface area contributed by atoms with E-state index in [0.29, 0.717) is 42.3 Å². The van der Waals surface area contributed by atoms with E-state index in [1.54, 1.807) is 18.2 Å². The number of aliphatic hydroxyl groups excluding tert-OH is 1. The number of para-hydroxylation sites is 2. The van der Waals surface area contributed by atoms with Gasteiger partial charge in [0, 0.05) is 32.7 Å². The number of nitrogens with zero attached hydrogens (tertiary/aromatic N) is 3. The molecule has 2 amide bonds. The normalized spacial score (nSPS) is 17.5. The minimum absolute atomic E-state index is 0.0949. The molecular weight excluding hydrogens is 418 g/mol. The smallest absolute Gasteiger partial charge is 0.282 e. The summed E-state index contributed by atoms with van der Waals surface area (Å²) >= 11 is 0. The summed E-state index contributed by atoms with van der Waals surface area (Å²) in [5.74, 6) is -0.158. The van der Waals surface area contributed by atoms with Crippen LogP contribution >= 0.6 is 0 Å². The predicted octanol–water partition coefficient (Wildman–Crippen LogP) is 2.68. The third-order valence-corrected chi connectivity index (χ3v) is 5.97. The van der Waals surface area contributed by atoms with Gasteiger partial charge in [0.2, 0.25) is 0 Å². The fourth-order valence-electron chi connectivity index (χ4n) is 4.34. The van der Waals surface area contributed by atoms with Crippen molar-refractivity contribution in [3.05, 3.63) is 65.4 Å². The number of rotatable bonds is 7. The second kappa shape index (κ2) is 9.77. The van der Waals surface area contributed by atoms with E-state index in [4.69, 9.17) is 4.74 Å². The Kier molecular flexibility index (Phi) is 6.81. The van der Waals surface area contributed by atoms with Crippen molar-refractivity contribution in [3.8, 4) is 5.75 Å². The monoisotopic (exact) mass is 449 g/mol. The van der Waals surface area contributed by atoms with E-state index in [0.717, 1.165) is 24.2 Å². The first kappa shape index (κ1) is 23.0. The van der Waals surface area contributed by atoms with E-state index in [1.807, 2.05) is 56.0 Å². The van der Waals surface area contributed by atoms with Gasteiger partial charge in [0.1, 0.15) is 11.4 Å². The van der Waals surface area contributed by atoms with Crippen LogP contribution in [0.15, 0.2) is 54.2 Å². The Labute approximate surface area is 194 Å². The molecule has 7 heteroatoms. The van der Waals surface area contributed by atoms with Crippen molar-refractivity contribution in [1.82, 2.24) is 9.80 Å². The summed E-state index contributed by atoms with van der Waals surface area (Å²) in [6, 6.07) is 14.9. The molecule has 1 saturated heterocycles. The average molecular weight is 450 g/mol. The van der Waals surface area contributed by atoms with Crippen LogP contribution in [0.4, 0.5) is 5.69 Å². The number of aliphatic hydroxyl groups is 1. The van der Waals surface area contributed by atoms with Gasteiger partial charge in [-0.05, 0) is 38.5 Å². The Morgan fingerprint density at radius 2 is 1.61 bits per heavy atom. The van der Waals surface area contributed by atoms with Crippen LogP contribution in [-0.4, -0.2) is 72.2 Å². The third kappa shape index (κ3) is 4.65. The van der Waals surface area contributed by atoms with Gasteiger partial charge in [0.25, 0.3) is 11.8 Å². The first-order valence-corrected chi connectivity index (χ1v) is 11.4. The lowest BCUT2D eigenvalue weighted by molar-refractivity contribution is -0.120. The molecule has 0 aliphatic carbocycles. The third-order valence-electron chi connectivity index (χ3n) is 5.97. The molecule has 0 aromatic heterocycles. The Bertz CT molecular complexity index is 1050. The van der Waals surface area contributed by atoms with Crippen LogP contribution in [0.3, 0.4) is 0 Å². The fraction of sp³-hybridized carbons (Fsp3) is 0.385. The molecule has 0 unspecified atom stereocenters. The first-order valence-electron chi connectivity index (χ1n) is 11.4. The molecule has 0 atom stereocenters. The molecule has 4 rings (SSSR count). The summed E-state index contributed by atoms with van der Waals surface area (Å²) in [7, 11) is 0. The molecule has 1 fully saturated rings. The van der Waals surface area contributed by atoms with Crippen molar-refractivity contribution in [2.24, 2.45) is 0 Å². The second-order valence-corrected chi connectivity index (χ2v) is 8.72. The minimum Gasteiger partial charge on any atom is -0.489 e. The van der Waals surface area contributed by atoms with Crippen molar-refractivity contribution < 1.29 is 19.4 Å². The summed E-state index contributed by atoms with van der Waals surface area (Å²) in [5.41, 5.74) is 3.14. The van der Waals surface area contributed by atoms with Gasteiger partial charge >= 0.3 is 0 Å². The van der Waals surface area contributed by atoms with Gasteiger partial charge in [-0.15, -0.1) is 0 Å². The molecule has 7 nitrogen and oxygen atoms in total. The highest BCUT2D eigenvalue weighted by molar-refractivity contribution is 6.45. The van der Waals surface area contributed by atoms with Crippen LogP contribution in [0, 0.1) is 6.92 Å². The second-order valence-electron chi connectivity index (χ2n) is 8.72. The highest BCUT2D eigenvalue weighted by Gasteiger charge is 2.44. The lowest BCUT2D eigenvalue weighted by Crippen LogP contribution is -2.48. The molecule has 0 bridgehead atoms. The maximum atomic E-state index is 13.8. The van der Waals surface area contributed by atoms with Crippen molar-refractivity contribution in [1.29, 1.82) is 0 Å². The maximum Gasteiger partial charge on any atom is 0.282 e. The topological polar surface area (TPSA) is 73.3 Å². The molecular formula is C26H31N3O4. The van der Waals surface area contributed by atoms with Crippen molar-refractivity contribution >= 4 is 23.1 Å². The number of amides is 2. The highest BCUT2D eigenvalue weighted by Crippen LogP contribution is 2.39. The number of anilines is 1. The Morgan fingerprint density at radius 1 is 0.939 bits per heavy atom. The Hall–Kier alpha value is -3.16. The number of benzene rings is 2. The molecule has 2 heterocycles. The standard InChI is InChI=1S/C26H31N3O4/c1-18(2)33-22-7-5-4-6-21(22)29-25(31)23(20-10-8-19(3)9-11-20)24(26(29)32)28-14-12-27(13-15-28)16-17-30/h4-11,18,30H,12-17H2,1-3H3. The molecule has 2 aliphatic rings. The van der Waals surface area contributed by atoms with Crippen LogP contribution in [-0.2, 0) is 9.59 Å². The van der Waals surface area contributed by atoms with Crippen LogP contribution in [0.25, 0.3) is 5.57 Å². The van der Waals surface area contributed by atoms with Crippen molar-refractivity contribution in [2.75, 3.05) is 44.2 Å². The lowest BCUT2D eigenvalue weighted by atomic mass is 10.0. The van der Waals surface area contributed by atoms with Gasteiger partial charge in [0.15, 0.2) is 0 Å². The van der Waals surface area contributed by atoms with Gasteiger partial charge in [-0.1, -0.05) is 42.0 Å². The number of imide groups is 1. The number of carbonyl (C=O) groups excluding carboxylic acids is 2. The van der Waals surface area contributed by atoms with Gasteiger partial charge in [-0.25, -0.2) is 4.90 Å². The van der Waals surface area contributed by atoms with Crippen LogP contribution in [0.2, 0.25) is 0 Å². The summed E-state index contributed by atoms with van der Waals surface area (Å²) in [6.45, 7) is 9.21. The number of β-amino-alcohol motifs (C(OH)–C–C–N with tert-alkyl or cyclic N) is 1. The molecule has 1 N–H and O–H groups in total. The first-order chi connectivity index (χ1) is 15.9. The Morgan fingerprint density at radius 3 is 2.24 bits per heavy atom. The largest absolute Gasteiger partial charge is 0.489 e. The van der Waals surface area contributed by atoms with E-state index in [9.17, 15) is 14.7 Å². The van der Waals surface area contributed by atoms with E-state index in [1.165, 1.54) is 4.90 Å². The number of ether oxygens (including phenoxy) is 1. The predicted molar refractivity (Wildman–Crippen MR) is 128 cm³/mol. The van der Waals surface area contributed by atoms with Crippen LogP contribution < -0.4 is 9.64 Å². The molecule has 33 heavy (non-hydrogen) atoms. The summed E-state index contributed by atoms with van der Waals surface area (Å²) in [6.07, 6.45) is -0.0949. The van der Waals surface area contributed by atoms with E-state index >= 15 is 0 Å². The summed E-state index contributed by atoms with van der Waals surface area (Å²) < 4.78 is 5.92. The highest BCUT2D eigenvalue weighted by atomic mass is 16.5. The summed E-state index contributed by atoms with van der Waals surface area (Å²) in [5, 5.41) is 9.25. The molecule has 2 aromatic rings. The van der Waals surface area contributed by atoms with Crippen LogP contribution in [0.1, 0.15) is 25.0 Å². The number of carbonyl (C=O) groups is 2. The number of hydrogen-bond donors (Lipinski definition) is 1. The Balaban J connectivity index is 1.75. The number of hydrogen-bond acceptors (Lipinski definition) is 6. The quantitative estimate of drug-likeness (QED) is 0.656. The van der Waals surface area contributed by atoms with Gasteiger partial charge < -0.3 is 14.7 Å². The van der Waals surface area contributed by atoms with Gasteiger partial charge in [-0.2, -0.15) is 0 Å². The van der Waals surface area contributed by atoms with Crippen molar-refractivity contribution in [3.63, 3.8) is 0 Å². The zero-order valence-corrected chi connectivity index (χ0v) is 19.5. The average Bonchev–Trinajstić information content (AvgIpc) is 3.05. The van der Waals surface area contributed by atoms with E-state index in [2.05, 4.69) is 4.90 Å². The zero-order chi connectivity index (χ0) is 23.5. The maximum absolute atomic E-state index is 13.8. The van der Waals surface area contributed by atoms with Crippen LogP contribution in [0.5, 0.6) is 5.75 Å². The van der Waals surface area contributed by atoms with Gasteiger partial charge in [-0.3, -0.25) is 14.5 Å². The molecule has 2 aliphatic heterocycles. The van der Waals surface area contributed by atoms with E-state index in [-0.39, 0.29) is 24.5 Å².